The van der Waals surface area contributed by atoms with E-state index in [1.807, 2.05) is 12.2 Å². The second-order valence-electron chi connectivity index (χ2n) is 8.88. The minimum Gasteiger partial charge on any atom is -0.365 e. The van der Waals surface area contributed by atoms with E-state index in [9.17, 15) is 13.3 Å². The summed E-state index contributed by atoms with van der Waals surface area (Å²) < 4.78 is 40.6. The molecule has 10 heteroatoms. The van der Waals surface area contributed by atoms with Crippen molar-refractivity contribution in [2.45, 2.75) is 32.1 Å². The van der Waals surface area contributed by atoms with Gasteiger partial charge in [0, 0.05) is 61.8 Å². The maximum Gasteiger partial charge on any atom is 0.333 e. The van der Waals surface area contributed by atoms with Crippen LogP contribution < -0.4 is 5.32 Å². The van der Waals surface area contributed by atoms with Gasteiger partial charge in [0.15, 0.2) is 0 Å². The second-order valence-corrected chi connectivity index (χ2v) is 8.88. The molecule has 0 bridgehead atoms. The third-order valence-electron chi connectivity index (χ3n) is 6.79. The smallest absolute Gasteiger partial charge is 0.333 e. The van der Waals surface area contributed by atoms with Crippen LogP contribution in [0.4, 0.5) is 13.3 Å². The van der Waals surface area contributed by atoms with Crippen molar-refractivity contribution in [1.29, 1.82) is 0 Å². The highest BCUT2D eigenvalue weighted by Crippen LogP contribution is 2.34. The molecular formula is C25H28F3N7. The first kappa shape index (κ1) is 23.4. The van der Waals surface area contributed by atoms with E-state index < -0.39 is 12.2 Å². The Morgan fingerprint density at radius 3 is 2.31 bits per heavy atom. The molecule has 2 aliphatic rings. The lowest BCUT2D eigenvalue weighted by atomic mass is 9.94. The SMILES string of the molecule is CCc1ccc(CN2CCN(C3(c4cnn(C(F)F)c4)C=CC(c4cnn(F)c4)=CN3)CC2)cc1. The fourth-order valence-electron chi connectivity index (χ4n) is 4.72. The van der Waals surface area contributed by atoms with Crippen LogP contribution in [-0.4, -0.2) is 55.8 Å². The van der Waals surface area contributed by atoms with Crippen LogP contribution in [0.2, 0.25) is 0 Å². The molecule has 4 heterocycles. The molecule has 1 fully saturated rings. The minimum atomic E-state index is -2.72. The molecule has 3 aromatic rings. The molecule has 5 rings (SSSR count). The number of benzene rings is 1. The lowest BCUT2D eigenvalue weighted by Gasteiger charge is -2.47. The van der Waals surface area contributed by atoms with Crippen LogP contribution in [-0.2, 0) is 18.6 Å². The second kappa shape index (κ2) is 9.71. The Balaban J connectivity index is 1.34. The van der Waals surface area contributed by atoms with Crippen LogP contribution in [0.3, 0.4) is 0 Å². The fraction of sp³-hybridized carbons (Fsp3) is 0.360. The number of aryl methyl sites for hydroxylation is 1. The maximum absolute atomic E-state index is 13.3. The van der Waals surface area contributed by atoms with Crippen LogP contribution in [0.5, 0.6) is 0 Å². The Bertz CT molecular complexity index is 1210. The number of dihydropyridines is 1. The van der Waals surface area contributed by atoms with E-state index in [1.165, 1.54) is 35.9 Å². The number of rotatable bonds is 7. The van der Waals surface area contributed by atoms with Gasteiger partial charge in [0.25, 0.3) is 0 Å². The van der Waals surface area contributed by atoms with Gasteiger partial charge in [0.1, 0.15) is 5.66 Å². The minimum absolute atomic E-state index is 0.257. The normalized spacial score (nSPS) is 21.3. The van der Waals surface area contributed by atoms with Crippen molar-refractivity contribution in [3.63, 3.8) is 0 Å². The Hall–Kier alpha value is -3.37. The highest BCUT2D eigenvalue weighted by molar-refractivity contribution is 5.74. The third-order valence-corrected chi connectivity index (χ3v) is 6.79. The van der Waals surface area contributed by atoms with Crippen molar-refractivity contribution >= 4 is 5.57 Å². The first-order chi connectivity index (χ1) is 17.0. The van der Waals surface area contributed by atoms with Crippen LogP contribution in [0, 0.1) is 0 Å². The molecule has 0 amide bonds. The summed E-state index contributed by atoms with van der Waals surface area (Å²) in [5, 5.41) is 10.9. The number of halogens is 3. The number of allylic oxidation sites excluding steroid dienone is 2. The zero-order valence-corrected chi connectivity index (χ0v) is 19.5. The zero-order chi connectivity index (χ0) is 24.4. The summed E-state index contributed by atoms with van der Waals surface area (Å²) in [6.45, 7) is 3.43. The fourth-order valence-corrected chi connectivity index (χ4v) is 4.72. The van der Waals surface area contributed by atoms with Gasteiger partial charge in [-0.2, -0.15) is 19.0 Å². The molecule has 1 saturated heterocycles. The average molecular weight is 484 g/mol. The number of piperazine rings is 1. The number of nitrogens with one attached hydrogen (secondary N) is 1. The molecule has 2 aliphatic heterocycles. The van der Waals surface area contributed by atoms with Crippen LogP contribution >= 0.6 is 0 Å². The zero-order valence-electron chi connectivity index (χ0n) is 19.5. The predicted octanol–water partition coefficient (Wildman–Crippen LogP) is 3.94. The van der Waals surface area contributed by atoms with Crippen LogP contribution in [0.25, 0.3) is 5.57 Å². The monoisotopic (exact) mass is 483 g/mol. The van der Waals surface area contributed by atoms with Gasteiger partial charge in [-0.15, -0.1) is 4.90 Å². The number of hydrogen-bond donors (Lipinski definition) is 1. The Morgan fingerprint density at radius 2 is 1.74 bits per heavy atom. The highest BCUT2D eigenvalue weighted by atomic mass is 19.3. The van der Waals surface area contributed by atoms with E-state index in [-0.39, 0.29) is 4.90 Å². The quantitative estimate of drug-likeness (QED) is 0.552. The molecule has 0 radical (unpaired) electrons. The van der Waals surface area contributed by atoms with E-state index >= 15 is 0 Å². The summed E-state index contributed by atoms with van der Waals surface area (Å²) in [4.78, 5) is 4.89. The maximum atomic E-state index is 13.3. The van der Waals surface area contributed by atoms with Gasteiger partial charge in [0.05, 0.1) is 18.6 Å². The number of hydrogen-bond acceptors (Lipinski definition) is 5. The van der Waals surface area contributed by atoms with Gasteiger partial charge in [-0.25, -0.2) is 4.68 Å². The van der Waals surface area contributed by atoms with Crippen molar-refractivity contribution in [3.05, 3.63) is 89.7 Å². The summed E-state index contributed by atoms with van der Waals surface area (Å²) in [5.74, 6) is 0. The van der Waals surface area contributed by atoms with E-state index in [2.05, 4.69) is 56.5 Å². The summed E-state index contributed by atoms with van der Waals surface area (Å²) in [5.41, 5.74) is 3.75. The largest absolute Gasteiger partial charge is 0.365 e. The Kier molecular flexibility index (Phi) is 6.48. The molecule has 0 spiro atoms. The topological polar surface area (TPSA) is 54.1 Å². The standard InChI is InChI=1S/C25H28F3N7/c1-2-19-3-5-20(6-4-19)16-32-9-11-33(12-10-32)25(23-15-30-34(18-23)24(26)27)8-7-21(13-29-25)22-14-31-35(28)17-22/h3-8,13-15,17-18,24,29H,2,9-12,16H2,1H3. The van der Waals surface area contributed by atoms with Crippen molar-refractivity contribution in [3.8, 4) is 0 Å². The van der Waals surface area contributed by atoms with Crippen LogP contribution in [0.15, 0.2) is 67.4 Å². The Morgan fingerprint density at radius 1 is 1.00 bits per heavy atom. The number of alkyl halides is 2. The van der Waals surface area contributed by atoms with E-state index in [1.54, 1.807) is 6.20 Å². The lowest BCUT2D eigenvalue weighted by molar-refractivity contribution is 0.0396. The summed E-state index contributed by atoms with van der Waals surface area (Å²) in [7, 11) is 0. The van der Waals surface area contributed by atoms with Gasteiger partial charge >= 0.3 is 6.55 Å². The molecule has 2 aromatic heterocycles. The van der Waals surface area contributed by atoms with Crippen molar-refractivity contribution in [2.24, 2.45) is 0 Å². The lowest BCUT2D eigenvalue weighted by Crippen LogP contribution is -2.60. The molecule has 0 aliphatic carbocycles. The van der Waals surface area contributed by atoms with Gasteiger partial charge in [-0.1, -0.05) is 41.7 Å². The number of nitrogens with zero attached hydrogens (tertiary/aromatic N) is 6. The molecule has 35 heavy (non-hydrogen) atoms. The van der Waals surface area contributed by atoms with Gasteiger partial charge in [0.2, 0.25) is 0 Å². The van der Waals surface area contributed by atoms with Gasteiger partial charge in [-0.3, -0.25) is 9.80 Å². The molecule has 1 N–H and O–H groups in total. The molecular weight excluding hydrogens is 455 g/mol. The first-order valence-electron chi connectivity index (χ1n) is 11.7. The van der Waals surface area contributed by atoms with Crippen molar-refractivity contribution in [1.82, 2.24) is 34.9 Å². The van der Waals surface area contributed by atoms with E-state index in [0.29, 0.717) is 15.8 Å². The Labute approximate surface area is 202 Å². The van der Waals surface area contributed by atoms with E-state index in [0.717, 1.165) is 44.7 Å². The van der Waals surface area contributed by atoms with Crippen LogP contribution in [0.1, 0.15) is 35.7 Å². The van der Waals surface area contributed by atoms with Gasteiger partial charge < -0.3 is 5.32 Å². The van der Waals surface area contributed by atoms with Crippen molar-refractivity contribution < 1.29 is 13.3 Å². The summed E-state index contributed by atoms with van der Waals surface area (Å²) in [6, 6.07) is 8.72. The molecule has 7 nitrogen and oxygen atoms in total. The molecule has 1 atom stereocenters. The number of aromatic nitrogens is 4. The third kappa shape index (κ3) is 4.76. The predicted molar refractivity (Wildman–Crippen MR) is 127 cm³/mol. The van der Waals surface area contributed by atoms with E-state index in [4.69, 9.17) is 0 Å². The molecule has 184 valence electrons. The average Bonchev–Trinajstić information content (AvgIpc) is 3.55. The first-order valence-corrected chi connectivity index (χ1v) is 11.7. The van der Waals surface area contributed by atoms with Crippen molar-refractivity contribution in [2.75, 3.05) is 26.2 Å². The molecule has 1 unspecified atom stereocenters. The van der Waals surface area contributed by atoms with Gasteiger partial charge in [-0.05, 0) is 23.6 Å². The highest BCUT2D eigenvalue weighted by Gasteiger charge is 2.40. The summed E-state index contributed by atoms with van der Waals surface area (Å²) >= 11 is 0. The summed E-state index contributed by atoms with van der Waals surface area (Å²) in [6.07, 6.45) is 12.2. The molecule has 1 aromatic carbocycles. The molecule has 0 saturated carbocycles.